The van der Waals surface area contributed by atoms with Gasteiger partial charge in [0.25, 0.3) is 11.5 Å². The molecule has 1 aliphatic rings. The number of carbonyl (C=O) groups is 1. The van der Waals surface area contributed by atoms with Crippen molar-refractivity contribution in [2.75, 3.05) is 53.1 Å². The summed E-state index contributed by atoms with van der Waals surface area (Å²) in [5.41, 5.74) is 3.00. The number of pyridine rings is 2. The van der Waals surface area contributed by atoms with Crippen LogP contribution in [0.15, 0.2) is 47.4 Å². The van der Waals surface area contributed by atoms with Gasteiger partial charge in [-0.2, -0.15) is 0 Å². The summed E-state index contributed by atoms with van der Waals surface area (Å²) in [6, 6.07) is 11.3. The summed E-state index contributed by atoms with van der Waals surface area (Å²) < 4.78 is 18.5. The highest BCUT2D eigenvalue weighted by Gasteiger charge is 2.21. The predicted octanol–water partition coefficient (Wildman–Crippen LogP) is 2.74. The molecule has 190 valence electrons. The molecule has 0 atom stereocenters. The van der Waals surface area contributed by atoms with E-state index in [4.69, 9.17) is 14.2 Å². The number of aromatic nitrogens is 2. The maximum Gasteiger partial charge on any atom is 0.267 e. The first-order valence-corrected chi connectivity index (χ1v) is 12.4. The highest BCUT2D eigenvalue weighted by atomic mass is 16.5. The fourth-order valence-electron chi connectivity index (χ4n) is 5.29. The minimum Gasteiger partial charge on any atom is -0.496 e. The Labute approximate surface area is 212 Å². The maximum absolute atomic E-state index is 13.8. The number of aryl methyl sites for hydroxylation is 1. The van der Waals surface area contributed by atoms with Crippen molar-refractivity contribution in [1.29, 1.82) is 0 Å². The van der Waals surface area contributed by atoms with Crippen molar-refractivity contribution in [3.8, 4) is 11.5 Å². The molecule has 0 spiro atoms. The minimum absolute atomic E-state index is 0.0824. The van der Waals surface area contributed by atoms with Crippen LogP contribution in [0.2, 0.25) is 0 Å². The zero-order chi connectivity index (χ0) is 25.5. The molecule has 0 unspecified atom stereocenters. The zero-order valence-corrected chi connectivity index (χ0v) is 20.9. The Hall–Kier alpha value is -3.95. The zero-order valence-electron chi connectivity index (χ0n) is 20.9. The van der Waals surface area contributed by atoms with Gasteiger partial charge in [0.1, 0.15) is 11.5 Å². The van der Waals surface area contributed by atoms with Crippen molar-refractivity contribution in [3.63, 3.8) is 0 Å². The second-order valence-electron chi connectivity index (χ2n) is 9.31. The number of ether oxygens (including phenoxy) is 3. The number of morpholine rings is 1. The van der Waals surface area contributed by atoms with Crippen LogP contribution in [-0.2, 0) is 9.53 Å². The highest BCUT2D eigenvalue weighted by Crippen LogP contribution is 2.37. The summed E-state index contributed by atoms with van der Waals surface area (Å²) >= 11 is 0. The van der Waals surface area contributed by atoms with E-state index in [2.05, 4.69) is 15.2 Å². The molecule has 5 aromatic rings. The Kier molecular flexibility index (Phi) is 6.02. The molecule has 0 bridgehead atoms. The fraction of sp³-hybridized carbons (Fsp3) is 0.321. The number of rotatable bonds is 7. The molecule has 2 aromatic carbocycles. The lowest BCUT2D eigenvalue weighted by molar-refractivity contribution is -0.123. The molecule has 1 saturated heterocycles. The van der Waals surface area contributed by atoms with E-state index >= 15 is 0 Å². The van der Waals surface area contributed by atoms with E-state index in [9.17, 15) is 9.59 Å². The summed E-state index contributed by atoms with van der Waals surface area (Å²) in [4.78, 5) is 33.0. The van der Waals surface area contributed by atoms with Crippen LogP contribution in [0.5, 0.6) is 11.5 Å². The first-order chi connectivity index (χ1) is 18.1. The predicted molar refractivity (Wildman–Crippen MR) is 142 cm³/mol. The van der Waals surface area contributed by atoms with Gasteiger partial charge in [-0.1, -0.05) is 12.1 Å². The average molecular weight is 501 g/mol. The van der Waals surface area contributed by atoms with Crippen molar-refractivity contribution in [1.82, 2.24) is 19.6 Å². The standard InChI is InChI=1S/C28H28N4O5/c1-17-3-5-20-24(27(17)35-2)28(34)32-22-6-4-18(15-21(22)19-7-8-30-25(20)26(19)32)37-16-23(33)29-9-10-31-11-13-36-14-12-31/h3-8,15H,9-14,16H2,1-2H3,(H,29,33). The first-order valence-electron chi connectivity index (χ1n) is 12.4. The molecule has 4 heterocycles. The Morgan fingerprint density at radius 2 is 1.95 bits per heavy atom. The number of nitrogens with one attached hydrogen (secondary N) is 1. The third-order valence-corrected chi connectivity index (χ3v) is 7.10. The molecule has 9 heteroatoms. The molecule has 9 nitrogen and oxygen atoms in total. The first kappa shape index (κ1) is 23.4. The smallest absolute Gasteiger partial charge is 0.267 e. The van der Waals surface area contributed by atoms with Crippen molar-refractivity contribution >= 4 is 44.0 Å². The largest absolute Gasteiger partial charge is 0.496 e. The van der Waals surface area contributed by atoms with E-state index in [1.54, 1.807) is 23.8 Å². The van der Waals surface area contributed by atoms with E-state index in [0.29, 0.717) is 23.4 Å². The van der Waals surface area contributed by atoms with Crippen molar-refractivity contribution in [2.45, 2.75) is 6.92 Å². The number of hydrogen-bond donors (Lipinski definition) is 1. The molecule has 1 amide bonds. The van der Waals surface area contributed by atoms with Crippen LogP contribution >= 0.6 is 0 Å². The summed E-state index contributed by atoms with van der Waals surface area (Å²) in [7, 11) is 1.58. The number of carbonyl (C=O) groups excluding carboxylic acids is 1. The molecule has 0 saturated carbocycles. The van der Waals surface area contributed by atoms with Gasteiger partial charge in [-0.3, -0.25) is 23.9 Å². The van der Waals surface area contributed by atoms with Crippen LogP contribution < -0.4 is 20.3 Å². The van der Waals surface area contributed by atoms with Gasteiger partial charge in [-0.05, 0) is 36.8 Å². The van der Waals surface area contributed by atoms with Crippen LogP contribution in [0.3, 0.4) is 0 Å². The van der Waals surface area contributed by atoms with Gasteiger partial charge in [-0.25, -0.2) is 0 Å². The van der Waals surface area contributed by atoms with Crippen LogP contribution in [0.25, 0.3) is 38.1 Å². The molecule has 0 aliphatic carbocycles. The summed E-state index contributed by atoms with van der Waals surface area (Å²) in [5.74, 6) is 0.951. The molecular formula is C28H28N4O5. The lowest BCUT2D eigenvalue weighted by atomic mass is 10.1. The second kappa shape index (κ2) is 9.49. The third kappa shape index (κ3) is 4.00. The lowest BCUT2D eigenvalue weighted by Gasteiger charge is -2.26. The molecule has 3 aromatic heterocycles. The van der Waals surface area contributed by atoms with Crippen LogP contribution in [0.4, 0.5) is 0 Å². The Balaban J connectivity index is 1.31. The quantitative estimate of drug-likeness (QED) is 0.344. The Morgan fingerprint density at radius 1 is 1.11 bits per heavy atom. The van der Waals surface area contributed by atoms with Crippen molar-refractivity contribution in [2.24, 2.45) is 0 Å². The summed E-state index contributed by atoms with van der Waals surface area (Å²) in [6.45, 7) is 6.44. The minimum atomic E-state index is -0.173. The molecule has 1 aliphatic heterocycles. The summed E-state index contributed by atoms with van der Waals surface area (Å²) in [6.07, 6.45) is 1.75. The fourth-order valence-corrected chi connectivity index (χ4v) is 5.29. The number of nitrogens with zero attached hydrogens (tertiary/aromatic N) is 3. The van der Waals surface area contributed by atoms with E-state index in [1.165, 1.54) is 0 Å². The number of fused-ring (bicyclic) bond motifs is 5. The molecular weight excluding hydrogens is 472 g/mol. The number of methoxy groups -OCH3 is 1. The van der Waals surface area contributed by atoms with E-state index in [-0.39, 0.29) is 18.1 Å². The van der Waals surface area contributed by atoms with Crippen molar-refractivity contribution < 1.29 is 19.0 Å². The molecule has 1 fully saturated rings. The molecule has 1 N–H and O–H groups in total. The average Bonchev–Trinajstić information content (AvgIpc) is 3.26. The van der Waals surface area contributed by atoms with E-state index < -0.39 is 0 Å². The maximum atomic E-state index is 13.8. The SMILES string of the molecule is COc1c(C)ccc2c1c(=O)n1c3ccc(OCC(=O)NCCN4CCOCC4)cc3c3ccnc2c31. The summed E-state index contributed by atoms with van der Waals surface area (Å²) in [5, 5.41) is 5.95. The topological polar surface area (TPSA) is 94.4 Å². The van der Waals surface area contributed by atoms with E-state index in [0.717, 1.165) is 71.1 Å². The Bertz CT molecular complexity index is 1690. The van der Waals surface area contributed by atoms with Gasteiger partial charge in [0.15, 0.2) is 6.61 Å². The van der Waals surface area contributed by atoms with Crippen molar-refractivity contribution in [3.05, 3.63) is 58.5 Å². The number of amides is 1. The number of hydrogen-bond acceptors (Lipinski definition) is 7. The monoisotopic (exact) mass is 500 g/mol. The third-order valence-electron chi connectivity index (χ3n) is 7.10. The number of benzene rings is 2. The van der Waals surface area contributed by atoms with Crippen LogP contribution in [0, 0.1) is 6.92 Å². The normalized spacial score (nSPS) is 14.6. The van der Waals surface area contributed by atoms with Gasteiger partial charge < -0.3 is 19.5 Å². The van der Waals surface area contributed by atoms with Crippen LogP contribution in [-0.4, -0.2) is 73.3 Å². The van der Waals surface area contributed by atoms with Gasteiger partial charge in [-0.15, -0.1) is 0 Å². The highest BCUT2D eigenvalue weighted by molar-refractivity contribution is 6.19. The van der Waals surface area contributed by atoms with Gasteiger partial charge in [0.2, 0.25) is 0 Å². The van der Waals surface area contributed by atoms with Gasteiger partial charge >= 0.3 is 0 Å². The Morgan fingerprint density at radius 3 is 2.76 bits per heavy atom. The van der Waals surface area contributed by atoms with E-state index in [1.807, 2.05) is 37.3 Å². The van der Waals surface area contributed by atoms with Gasteiger partial charge in [0.05, 0.1) is 42.3 Å². The molecule has 6 rings (SSSR count). The van der Waals surface area contributed by atoms with Gasteiger partial charge in [0, 0.05) is 48.5 Å². The van der Waals surface area contributed by atoms with Crippen LogP contribution in [0.1, 0.15) is 5.56 Å². The molecule has 0 radical (unpaired) electrons. The second-order valence-corrected chi connectivity index (χ2v) is 9.31. The lowest BCUT2D eigenvalue weighted by Crippen LogP contribution is -2.42. The molecule has 37 heavy (non-hydrogen) atoms.